The lowest BCUT2D eigenvalue weighted by Gasteiger charge is -1.97. The molecule has 0 aromatic carbocycles. The summed E-state index contributed by atoms with van der Waals surface area (Å²) in [7, 11) is 0. The summed E-state index contributed by atoms with van der Waals surface area (Å²) in [5.41, 5.74) is 0. The fourth-order valence-corrected chi connectivity index (χ4v) is 2.70. The molecule has 1 amide bonds. The van der Waals surface area contributed by atoms with E-state index in [4.69, 9.17) is 0 Å². The van der Waals surface area contributed by atoms with E-state index in [1.54, 1.807) is 11.6 Å². The van der Waals surface area contributed by atoms with Gasteiger partial charge in [0.1, 0.15) is 5.01 Å². The Labute approximate surface area is 107 Å². The van der Waals surface area contributed by atoms with Gasteiger partial charge in [0.05, 0.1) is 0 Å². The number of rotatable bonds is 4. The van der Waals surface area contributed by atoms with Crippen molar-refractivity contribution in [3.63, 3.8) is 0 Å². The van der Waals surface area contributed by atoms with Crippen LogP contribution in [0.5, 0.6) is 0 Å². The molecule has 0 radical (unpaired) electrons. The van der Waals surface area contributed by atoms with Crippen molar-refractivity contribution < 1.29 is 4.79 Å². The molecule has 2 rings (SSSR count). The van der Waals surface area contributed by atoms with Crippen LogP contribution in [0.3, 0.4) is 0 Å². The van der Waals surface area contributed by atoms with Crippen LogP contribution < -0.4 is 5.32 Å². The van der Waals surface area contributed by atoms with Crippen molar-refractivity contribution in [1.82, 2.24) is 15.2 Å². The highest BCUT2D eigenvalue weighted by molar-refractivity contribution is 7.15. The molecular weight excluding hydrogens is 256 g/mol. The quantitative estimate of drug-likeness (QED) is 0.924. The maximum atomic E-state index is 11.7. The van der Waals surface area contributed by atoms with Gasteiger partial charge in [-0.25, -0.2) is 4.98 Å². The van der Waals surface area contributed by atoms with E-state index in [0.29, 0.717) is 16.1 Å². The summed E-state index contributed by atoms with van der Waals surface area (Å²) in [6.45, 7) is 4.24. The van der Waals surface area contributed by atoms with Crippen molar-refractivity contribution in [3.05, 3.63) is 21.6 Å². The van der Waals surface area contributed by atoms with E-state index in [-0.39, 0.29) is 5.91 Å². The van der Waals surface area contributed by atoms with Crippen LogP contribution in [0.1, 0.15) is 28.7 Å². The number of carbonyl (C=O) groups excluding carboxylic acids is 1. The summed E-state index contributed by atoms with van der Waals surface area (Å²) in [4.78, 5) is 15.6. The second-order valence-electron chi connectivity index (χ2n) is 3.89. The number of amides is 1. The zero-order valence-corrected chi connectivity index (χ0v) is 11.1. The van der Waals surface area contributed by atoms with Crippen molar-refractivity contribution in [2.75, 3.05) is 5.32 Å². The van der Waals surface area contributed by atoms with Crippen molar-refractivity contribution in [1.29, 1.82) is 0 Å². The third-order valence-corrected chi connectivity index (χ3v) is 3.53. The van der Waals surface area contributed by atoms with Crippen LogP contribution >= 0.6 is 22.7 Å². The SMILES string of the molecule is CC(C)Cc1nnc(NC(=O)c2nccs2)s1. The molecule has 0 unspecified atom stereocenters. The maximum Gasteiger partial charge on any atom is 0.286 e. The molecular formula is C10H12N4OS2. The lowest BCUT2D eigenvalue weighted by atomic mass is 10.1. The fraction of sp³-hybridized carbons (Fsp3) is 0.400. The number of hydrogen-bond acceptors (Lipinski definition) is 6. The van der Waals surface area contributed by atoms with Crippen LogP contribution in [0.25, 0.3) is 0 Å². The van der Waals surface area contributed by atoms with Crippen LogP contribution in [0.15, 0.2) is 11.6 Å². The van der Waals surface area contributed by atoms with E-state index in [1.807, 2.05) is 0 Å². The third kappa shape index (κ3) is 3.31. The molecule has 2 aromatic heterocycles. The first kappa shape index (κ1) is 12.1. The van der Waals surface area contributed by atoms with Gasteiger partial charge in [0.15, 0.2) is 5.01 Å². The molecule has 2 aromatic rings. The monoisotopic (exact) mass is 268 g/mol. The number of nitrogens with one attached hydrogen (secondary N) is 1. The van der Waals surface area contributed by atoms with E-state index in [1.165, 1.54) is 22.7 Å². The first-order valence-corrected chi connectivity index (χ1v) is 6.88. The number of hydrogen-bond donors (Lipinski definition) is 1. The zero-order chi connectivity index (χ0) is 12.3. The number of aromatic nitrogens is 3. The Bertz CT molecular complexity index is 492. The maximum absolute atomic E-state index is 11.7. The van der Waals surface area contributed by atoms with E-state index in [9.17, 15) is 4.79 Å². The van der Waals surface area contributed by atoms with Crippen LogP contribution in [0.2, 0.25) is 0 Å². The Kier molecular flexibility index (Phi) is 3.80. The van der Waals surface area contributed by atoms with E-state index >= 15 is 0 Å². The Balaban J connectivity index is 1.99. The molecule has 0 bridgehead atoms. The van der Waals surface area contributed by atoms with Gasteiger partial charge in [-0.05, 0) is 5.92 Å². The summed E-state index contributed by atoms with van der Waals surface area (Å²) in [6.07, 6.45) is 2.48. The van der Waals surface area contributed by atoms with Crippen molar-refractivity contribution in [2.24, 2.45) is 5.92 Å². The molecule has 0 aliphatic carbocycles. The number of nitrogens with zero attached hydrogens (tertiary/aromatic N) is 3. The first-order valence-electron chi connectivity index (χ1n) is 5.18. The van der Waals surface area contributed by atoms with Crippen LogP contribution in [-0.4, -0.2) is 21.1 Å². The minimum atomic E-state index is -0.229. The predicted octanol–water partition coefficient (Wildman–Crippen LogP) is 2.45. The van der Waals surface area contributed by atoms with Gasteiger partial charge in [-0.15, -0.1) is 21.5 Å². The van der Waals surface area contributed by atoms with E-state index < -0.39 is 0 Å². The minimum Gasteiger partial charge on any atom is -0.294 e. The Hall–Kier alpha value is -1.34. The molecule has 7 heteroatoms. The third-order valence-electron chi connectivity index (χ3n) is 1.90. The highest BCUT2D eigenvalue weighted by Gasteiger charge is 2.12. The minimum absolute atomic E-state index is 0.229. The van der Waals surface area contributed by atoms with E-state index in [2.05, 4.69) is 34.3 Å². The zero-order valence-electron chi connectivity index (χ0n) is 9.51. The van der Waals surface area contributed by atoms with E-state index in [0.717, 1.165) is 11.4 Å². The highest BCUT2D eigenvalue weighted by Crippen LogP contribution is 2.19. The van der Waals surface area contributed by atoms with Gasteiger partial charge >= 0.3 is 0 Å². The lowest BCUT2D eigenvalue weighted by molar-refractivity contribution is 0.102. The number of anilines is 1. The number of thiazole rings is 1. The summed E-state index contributed by atoms with van der Waals surface area (Å²) in [5, 5.41) is 14.3. The number of carbonyl (C=O) groups is 1. The van der Waals surface area contributed by atoms with Gasteiger partial charge in [-0.3, -0.25) is 10.1 Å². The molecule has 0 spiro atoms. The van der Waals surface area contributed by atoms with Gasteiger partial charge in [0, 0.05) is 18.0 Å². The molecule has 0 aliphatic rings. The summed E-state index contributed by atoms with van der Waals surface area (Å²) in [6, 6.07) is 0. The Morgan fingerprint density at radius 2 is 2.29 bits per heavy atom. The van der Waals surface area contributed by atoms with Gasteiger partial charge in [-0.2, -0.15) is 0 Å². The molecule has 0 fully saturated rings. The first-order chi connectivity index (χ1) is 8.15. The van der Waals surface area contributed by atoms with Crippen LogP contribution in [0.4, 0.5) is 5.13 Å². The van der Waals surface area contributed by atoms with Crippen molar-refractivity contribution >= 4 is 33.7 Å². The molecule has 1 N–H and O–H groups in total. The van der Waals surface area contributed by atoms with Gasteiger partial charge in [0.25, 0.3) is 5.91 Å². The van der Waals surface area contributed by atoms with Crippen LogP contribution in [0, 0.1) is 5.92 Å². The smallest absolute Gasteiger partial charge is 0.286 e. The normalized spacial score (nSPS) is 10.8. The summed E-state index contributed by atoms with van der Waals surface area (Å²) >= 11 is 2.71. The lowest BCUT2D eigenvalue weighted by Crippen LogP contribution is -2.11. The highest BCUT2D eigenvalue weighted by atomic mass is 32.1. The molecule has 2 heterocycles. The summed E-state index contributed by atoms with van der Waals surface area (Å²) in [5.74, 6) is 0.303. The summed E-state index contributed by atoms with van der Waals surface area (Å²) < 4.78 is 0. The van der Waals surface area contributed by atoms with Crippen molar-refractivity contribution in [2.45, 2.75) is 20.3 Å². The molecule has 0 atom stereocenters. The second-order valence-corrected chi connectivity index (χ2v) is 5.85. The molecule has 0 saturated carbocycles. The Morgan fingerprint density at radius 3 is 2.94 bits per heavy atom. The van der Waals surface area contributed by atoms with Crippen molar-refractivity contribution in [3.8, 4) is 0 Å². The topological polar surface area (TPSA) is 67.8 Å². The predicted molar refractivity (Wildman–Crippen MR) is 68.5 cm³/mol. The molecule has 90 valence electrons. The fourth-order valence-electron chi connectivity index (χ4n) is 1.22. The molecule has 5 nitrogen and oxygen atoms in total. The Morgan fingerprint density at radius 1 is 1.47 bits per heavy atom. The largest absolute Gasteiger partial charge is 0.294 e. The van der Waals surface area contributed by atoms with Gasteiger partial charge < -0.3 is 0 Å². The average molecular weight is 268 g/mol. The van der Waals surface area contributed by atoms with Gasteiger partial charge in [-0.1, -0.05) is 25.2 Å². The molecule has 0 saturated heterocycles. The average Bonchev–Trinajstić information content (AvgIpc) is 2.87. The van der Waals surface area contributed by atoms with Crippen LogP contribution in [-0.2, 0) is 6.42 Å². The molecule has 0 aliphatic heterocycles. The standard InChI is InChI=1S/C10H12N4OS2/c1-6(2)5-7-13-14-10(17-7)12-8(15)9-11-3-4-16-9/h3-4,6H,5H2,1-2H3,(H,12,14,15). The second kappa shape index (κ2) is 5.33. The molecule has 17 heavy (non-hydrogen) atoms. The van der Waals surface area contributed by atoms with Gasteiger partial charge in [0.2, 0.25) is 5.13 Å².